The Kier molecular flexibility index (Phi) is 8.32. The molecule has 1 unspecified atom stereocenters. The van der Waals surface area contributed by atoms with E-state index in [-0.39, 0.29) is 24.4 Å². The van der Waals surface area contributed by atoms with E-state index in [2.05, 4.69) is 6.92 Å². The van der Waals surface area contributed by atoms with Gasteiger partial charge in [-0.2, -0.15) is 0 Å². The molecule has 0 aliphatic carbocycles. The van der Waals surface area contributed by atoms with Crippen molar-refractivity contribution in [1.29, 1.82) is 0 Å². The molecule has 0 bridgehead atoms. The number of aryl methyl sites for hydroxylation is 1. The molecule has 0 saturated heterocycles. The second-order valence-electron chi connectivity index (χ2n) is 6.46. The minimum atomic E-state index is -0.628. The van der Waals surface area contributed by atoms with Gasteiger partial charge in [0.25, 0.3) is 0 Å². The van der Waals surface area contributed by atoms with Gasteiger partial charge in [-0.1, -0.05) is 13.3 Å². The lowest BCUT2D eigenvalue weighted by molar-refractivity contribution is -0.142. The largest absolute Gasteiger partial charge is 0.353 e. The summed E-state index contributed by atoms with van der Waals surface area (Å²) in [6, 6.07) is 3.92. The zero-order valence-corrected chi connectivity index (χ0v) is 16.2. The first-order valence-electron chi connectivity index (χ1n) is 8.60. The number of aromatic nitrogens is 1. The average Bonchev–Trinajstić information content (AvgIpc) is 2.92. The van der Waals surface area contributed by atoms with Crippen LogP contribution in [-0.4, -0.2) is 50.7 Å². The number of amides is 2. The fourth-order valence-electron chi connectivity index (χ4n) is 2.49. The van der Waals surface area contributed by atoms with Crippen LogP contribution in [0.2, 0.25) is 0 Å². The Hall–Kier alpha value is -1.49. The molecule has 0 fully saturated rings. The maximum Gasteiger partial charge on any atom is 0.242 e. The summed E-state index contributed by atoms with van der Waals surface area (Å²) in [4.78, 5) is 28.4. The molecule has 0 saturated carbocycles. The number of halogens is 1. The first-order valence-corrected chi connectivity index (χ1v) is 9.04. The third-order valence-corrected chi connectivity index (χ3v) is 4.28. The van der Waals surface area contributed by atoms with Crippen molar-refractivity contribution in [1.82, 2.24) is 14.4 Å². The van der Waals surface area contributed by atoms with Crippen LogP contribution in [0.1, 0.15) is 46.2 Å². The summed E-state index contributed by atoms with van der Waals surface area (Å²) in [5.41, 5.74) is 1.08. The second-order valence-corrected chi connectivity index (χ2v) is 7.11. The Balaban J connectivity index is 2.85. The lowest BCUT2D eigenvalue weighted by atomic mass is 10.2. The fourth-order valence-corrected chi connectivity index (χ4v) is 2.61. The molecule has 0 aromatic carbocycles. The summed E-state index contributed by atoms with van der Waals surface area (Å²) in [6.45, 7) is 8.86. The van der Waals surface area contributed by atoms with E-state index in [0.717, 1.165) is 18.5 Å². The van der Waals surface area contributed by atoms with Gasteiger partial charge < -0.3 is 14.4 Å². The molecule has 1 aromatic rings. The molecule has 136 valence electrons. The van der Waals surface area contributed by atoms with Crippen LogP contribution in [0.25, 0.3) is 0 Å². The Labute approximate surface area is 150 Å². The van der Waals surface area contributed by atoms with Gasteiger partial charge in [-0.15, -0.1) is 11.6 Å². The normalized spacial score (nSPS) is 12.3. The van der Waals surface area contributed by atoms with E-state index in [1.54, 1.807) is 11.8 Å². The number of unbranched alkanes of at least 4 members (excludes halogenated alkanes) is 1. The molecule has 2 amide bonds. The third-order valence-electron chi connectivity index (χ3n) is 4.09. The van der Waals surface area contributed by atoms with Gasteiger partial charge in [0.2, 0.25) is 11.8 Å². The Morgan fingerprint density at radius 3 is 2.42 bits per heavy atom. The van der Waals surface area contributed by atoms with E-state index in [1.165, 1.54) is 0 Å². The fraction of sp³-hybridized carbons (Fsp3) is 0.667. The molecule has 0 aliphatic heterocycles. The highest BCUT2D eigenvalue weighted by Crippen LogP contribution is 2.11. The minimum absolute atomic E-state index is 0.0379. The lowest BCUT2D eigenvalue weighted by Gasteiger charge is -2.31. The molecule has 0 N–H and O–H groups in total. The van der Waals surface area contributed by atoms with Gasteiger partial charge >= 0.3 is 0 Å². The summed E-state index contributed by atoms with van der Waals surface area (Å²) in [5, 5.41) is -0.628. The monoisotopic (exact) mass is 355 g/mol. The van der Waals surface area contributed by atoms with E-state index >= 15 is 0 Å². The second kappa shape index (κ2) is 9.72. The number of carbonyl (C=O) groups is 2. The number of nitrogens with zero attached hydrogens (tertiary/aromatic N) is 3. The predicted molar refractivity (Wildman–Crippen MR) is 97.9 cm³/mol. The number of alkyl halides is 1. The summed E-state index contributed by atoms with van der Waals surface area (Å²) in [6.07, 6.45) is 3.93. The van der Waals surface area contributed by atoms with Crippen LogP contribution in [0, 0.1) is 0 Å². The predicted octanol–water partition coefficient (Wildman–Crippen LogP) is 3.02. The SMILES string of the molecule is CCCCN(Cc1cccn1C)C(=O)CN(C(=O)C(C)Cl)C(C)C. The topological polar surface area (TPSA) is 45.6 Å². The molecule has 0 radical (unpaired) electrons. The van der Waals surface area contributed by atoms with Gasteiger partial charge in [0.15, 0.2) is 0 Å². The molecular formula is C18H30ClN3O2. The first-order chi connectivity index (χ1) is 11.3. The molecule has 5 nitrogen and oxygen atoms in total. The van der Waals surface area contributed by atoms with Crippen LogP contribution in [0.3, 0.4) is 0 Å². The van der Waals surface area contributed by atoms with Crippen molar-refractivity contribution in [3.8, 4) is 0 Å². The van der Waals surface area contributed by atoms with Crippen LogP contribution in [0.5, 0.6) is 0 Å². The maximum atomic E-state index is 12.8. The highest BCUT2D eigenvalue weighted by Gasteiger charge is 2.26. The number of hydrogen-bond acceptors (Lipinski definition) is 2. The lowest BCUT2D eigenvalue weighted by Crippen LogP contribution is -2.48. The van der Waals surface area contributed by atoms with Crippen LogP contribution >= 0.6 is 11.6 Å². The standard InChI is InChI=1S/C18H30ClN3O2/c1-6-7-11-21(12-16-9-8-10-20(16)5)17(23)13-22(14(2)3)18(24)15(4)19/h8-10,14-15H,6-7,11-13H2,1-5H3. The van der Waals surface area contributed by atoms with Gasteiger partial charge in [-0.05, 0) is 39.3 Å². The molecule has 1 aromatic heterocycles. The first kappa shape index (κ1) is 20.6. The molecule has 0 spiro atoms. The Morgan fingerprint density at radius 2 is 1.96 bits per heavy atom. The maximum absolute atomic E-state index is 12.8. The summed E-state index contributed by atoms with van der Waals surface area (Å²) in [5.74, 6) is -0.238. The van der Waals surface area contributed by atoms with E-state index in [1.807, 2.05) is 48.7 Å². The van der Waals surface area contributed by atoms with Crippen LogP contribution in [-0.2, 0) is 23.2 Å². The van der Waals surface area contributed by atoms with Crippen molar-refractivity contribution >= 4 is 23.4 Å². The molecule has 0 aliphatic rings. The van der Waals surface area contributed by atoms with E-state index in [4.69, 9.17) is 11.6 Å². The summed E-state index contributed by atoms with van der Waals surface area (Å²) >= 11 is 5.93. The zero-order valence-electron chi connectivity index (χ0n) is 15.5. The third kappa shape index (κ3) is 5.86. The Bertz CT molecular complexity index is 540. The Morgan fingerprint density at radius 1 is 1.29 bits per heavy atom. The van der Waals surface area contributed by atoms with Crippen LogP contribution < -0.4 is 0 Å². The van der Waals surface area contributed by atoms with E-state index in [0.29, 0.717) is 13.1 Å². The summed E-state index contributed by atoms with van der Waals surface area (Å²) in [7, 11) is 1.97. The number of carbonyl (C=O) groups excluding carboxylic acids is 2. The van der Waals surface area contributed by atoms with Crippen molar-refractivity contribution in [2.75, 3.05) is 13.1 Å². The zero-order chi connectivity index (χ0) is 18.3. The van der Waals surface area contributed by atoms with Crippen LogP contribution in [0.15, 0.2) is 18.3 Å². The van der Waals surface area contributed by atoms with E-state index < -0.39 is 5.38 Å². The van der Waals surface area contributed by atoms with Crippen molar-refractivity contribution in [3.63, 3.8) is 0 Å². The molecule has 1 rings (SSSR count). The highest BCUT2D eigenvalue weighted by molar-refractivity contribution is 6.30. The molecular weight excluding hydrogens is 326 g/mol. The minimum Gasteiger partial charge on any atom is -0.353 e. The van der Waals surface area contributed by atoms with Crippen molar-refractivity contribution in [2.45, 2.75) is 58.5 Å². The van der Waals surface area contributed by atoms with Crippen LogP contribution in [0.4, 0.5) is 0 Å². The molecule has 1 atom stereocenters. The highest BCUT2D eigenvalue weighted by atomic mass is 35.5. The number of rotatable bonds is 9. The number of hydrogen-bond donors (Lipinski definition) is 0. The molecule has 6 heteroatoms. The van der Waals surface area contributed by atoms with Crippen molar-refractivity contribution in [3.05, 3.63) is 24.0 Å². The van der Waals surface area contributed by atoms with Gasteiger partial charge in [0, 0.05) is 31.5 Å². The molecule has 24 heavy (non-hydrogen) atoms. The van der Waals surface area contributed by atoms with Gasteiger partial charge in [0.1, 0.15) is 11.9 Å². The summed E-state index contributed by atoms with van der Waals surface area (Å²) < 4.78 is 2.01. The quantitative estimate of drug-likeness (QED) is 0.639. The van der Waals surface area contributed by atoms with E-state index in [9.17, 15) is 9.59 Å². The smallest absolute Gasteiger partial charge is 0.242 e. The van der Waals surface area contributed by atoms with Gasteiger partial charge in [0.05, 0.1) is 6.54 Å². The van der Waals surface area contributed by atoms with Crippen molar-refractivity contribution < 1.29 is 9.59 Å². The van der Waals surface area contributed by atoms with Gasteiger partial charge in [-0.3, -0.25) is 9.59 Å². The molecule has 1 heterocycles. The van der Waals surface area contributed by atoms with Gasteiger partial charge in [-0.25, -0.2) is 0 Å². The van der Waals surface area contributed by atoms with Crippen molar-refractivity contribution in [2.24, 2.45) is 7.05 Å². The average molecular weight is 356 g/mol.